The van der Waals surface area contributed by atoms with Crippen molar-refractivity contribution in [3.8, 4) is 11.5 Å². The molecule has 10 heteroatoms. The number of nitrogens with one attached hydrogen (secondary N) is 1. The molecule has 174 valence electrons. The minimum atomic E-state index is -4.26. The number of fused-ring (bicyclic) bond motifs is 1. The third-order valence-corrected chi connectivity index (χ3v) is 6.48. The highest BCUT2D eigenvalue weighted by molar-refractivity contribution is 7.92. The van der Waals surface area contributed by atoms with Gasteiger partial charge in [0.25, 0.3) is 5.91 Å². The van der Waals surface area contributed by atoms with Crippen molar-refractivity contribution >= 4 is 32.6 Å². The molecular formula is C23H23FN2O6S. The minimum Gasteiger partial charge on any atom is -0.493 e. The molecule has 2 N–H and O–H groups in total. The van der Waals surface area contributed by atoms with Crippen molar-refractivity contribution in [3.63, 3.8) is 0 Å². The van der Waals surface area contributed by atoms with E-state index in [4.69, 9.17) is 9.47 Å². The van der Waals surface area contributed by atoms with Crippen LogP contribution in [0, 0.1) is 5.82 Å². The maximum Gasteiger partial charge on any atom is 0.326 e. The van der Waals surface area contributed by atoms with Gasteiger partial charge in [-0.25, -0.2) is 13.4 Å². The SMILES string of the molecule is CC(O)CCOc1ccc2cc(OCc3ccccc3)c(N3CC(=O)NS3(=O)=O)c(F)c2c1. The lowest BCUT2D eigenvalue weighted by Crippen LogP contribution is -2.30. The molecule has 1 atom stereocenters. The molecule has 3 aromatic rings. The number of benzene rings is 3. The van der Waals surface area contributed by atoms with Crippen molar-refractivity contribution < 1.29 is 32.2 Å². The van der Waals surface area contributed by atoms with Crippen molar-refractivity contribution in [1.82, 2.24) is 4.72 Å². The van der Waals surface area contributed by atoms with Crippen molar-refractivity contribution in [1.29, 1.82) is 0 Å². The van der Waals surface area contributed by atoms with E-state index in [1.54, 1.807) is 19.1 Å². The summed E-state index contributed by atoms with van der Waals surface area (Å²) in [5.41, 5.74) is 0.460. The van der Waals surface area contributed by atoms with Crippen LogP contribution in [0.5, 0.6) is 11.5 Å². The van der Waals surface area contributed by atoms with Gasteiger partial charge in [-0.1, -0.05) is 36.4 Å². The largest absolute Gasteiger partial charge is 0.493 e. The lowest BCUT2D eigenvalue weighted by Gasteiger charge is -2.21. The number of aliphatic hydroxyl groups excluding tert-OH is 1. The molecular weight excluding hydrogens is 451 g/mol. The summed E-state index contributed by atoms with van der Waals surface area (Å²) in [5.74, 6) is -1.26. The summed E-state index contributed by atoms with van der Waals surface area (Å²) in [6.45, 7) is 1.39. The third-order valence-electron chi connectivity index (χ3n) is 5.10. The molecule has 1 heterocycles. The van der Waals surface area contributed by atoms with Crippen LogP contribution in [-0.4, -0.2) is 38.7 Å². The van der Waals surface area contributed by atoms with Crippen LogP contribution in [0.4, 0.5) is 10.1 Å². The summed E-state index contributed by atoms with van der Waals surface area (Å²) in [6, 6.07) is 15.4. The van der Waals surface area contributed by atoms with Gasteiger partial charge in [0.15, 0.2) is 5.82 Å². The van der Waals surface area contributed by atoms with Crippen molar-refractivity contribution in [2.75, 3.05) is 17.5 Å². The van der Waals surface area contributed by atoms with E-state index in [9.17, 15) is 18.3 Å². The molecule has 1 aliphatic heterocycles. The van der Waals surface area contributed by atoms with Gasteiger partial charge in [-0.3, -0.25) is 4.79 Å². The molecule has 0 spiro atoms. The first-order valence-electron chi connectivity index (χ1n) is 10.3. The first-order chi connectivity index (χ1) is 15.7. The van der Waals surface area contributed by atoms with Gasteiger partial charge in [0.2, 0.25) is 0 Å². The van der Waals surface area contributed by atoms with Gasteiger partial charge in [0.1, 0.15) is 30.3 Å². The second-order valence-corrected chi connectivity index (χ2v) is 9.31. The summed E-state index contributed by atoms with van der Waals surface area (Å²) in [6.07, 6.45) is -0.138. The van der Waals surface area contributed by atoms with Crippen LogP contribution in [0.1, 0.15) is 18.9 Å². The Labute approximate surface area is 190 Å². The van der Waals surface area contributed by atoms with Crippen LogP contribution in [0.25, 0.3) is 10.8 Å². The topological polar surface area (TPSA) is 105 Å². The van der Waals surface area contributed by atoms with E-state index in [1.807, 2.05) is 35.1 Å². The third kappa shape index (κ3) is 5.01. The van der Waals surface area contributed by atoms with Gasteiger partial charge < -0.3 is 14.6 Å². The summed E-state index contributed by atoms with van der Waals surface area (Å²) in [7, 11) is -4.26. The van der Waals surface area contributed by atoms with Gasteiger partial charge in [-0.15, -0.1) is 0 Å². The van der Waals surface area contributed by atoms with Crippen LogP contribution in [0.3, 0.4) is 0 Å². The molecule has 1 aliphatic rings. The maximum atomic E-state index is 15.8. The number of nitrogens with zero attached hydrogens (tertiary/aromatic N) is 1. The molecule has 1 fully saturated rings. The number of carbonyl (C=O) groups is 1. The summed E-state index contributed by atoms with van der Waals surface area (Å²) >= 11 is 0. The summed E-state index contributed by atoms with van der Waals surface area (Å²) in [5, 5.41) is 9.97. The zero-order valence-corrected chi connectivity index (χ0v) is 18.6. The second kappa shape index (κ2) is 9.24. The minimum absolute atomic E-state index is 0.00768. The highest BCUT2D eigenvalue weighted by Gasteiger charge is 2.38. The lowest BCUT2D eigenvalue weighted by atomic mass is 10.1. The van der Waals surface area contributed by atoms with E-state index in [0.717, 1.165) is 5.56 Å². The Kier molecular flexibility index (Phi) is 6.39. The number of amides is 1. The molecule has 0 saturated carbocycles. The maximum absolute atomic E-state index is 15.8. The van der Waals surface area contributed by atoms with Crippen LogP contribution in [0.15, 0.2) is 54.6 Å². The number of aliphatic hydroxyl groups is 1. The van der Waals surface area contributed by atoms with E-state index in [-0.39, 0.29) is 30.0 Å². The van der Waals surface area contributed by atoms with Crippen molar-refractivity contribution in [2.45, 2.75) is 26.1 Å². The fourth-order valence-corrected chi connectivity index (χ4v) is 4.62. The normalized spacial score (nSPS) is 16.0. The molecule has 8 nitrogen and oxygen atoms in total. The smallest absolute Gasteiger partial charge is 0.326 e. The van der Waals surface area contributed by atoms with E-state index in [2.05, 4.69) is 0 Å². The van der Waals surface area contributed by atoms with Gasteiger partial charge in [0, 0.05) is 11.8 Å². The molecule has 0 bridgehead atoms. The van der Waals surface area contributed by atoms with Crippen LogP contribution in [0.2, 0.25) is 0 Å². The van der Waals surface area contributed by atoms with Crippen LogP contribution in [-0.2, 0) is 21.6 Å². The monoisotopic (exact) mass is 474 g/mol. The first kappa shape index (κ1) is 22.8. The standard InChI is InChI=1S/C23H23FN2O6S/c1-15(27)9-10-31-18-8-7-17-11-20(32-14-16-5-3-2-4-6-16)23(22(24)19(17)12-18)26-13-21(28)25-33(26,29)30/h2-8,11-12,15,27H,9-10,13-14H2,1H3,(H,25,28). The van der Waals surface area contributed by atoms with E-state index >= 15 is 4.39 Å². The molecule has 1 amide bonds. The number of halogens is 1. The first-order valence-corrected chi connectivity index (χ1v) is 11.8. The number of rotatable bonds is 8. The number of hydrogen-bond donors (Lipinski definition) is 2. The highest BCUT2D eigenvalue weighted by atomic mass is 32.2. The molecule has 1 saturated heterocycles. The number of anilines is 1. The predicted molar refractivity (Wildman–Crippen MR) is 121 cm³/mol. The molecule has 4 rings (SSSR count). The molecule has 0 aromatic heterocycles. The highest BCUT2D eigenvalue weighted by Crippen LogP contribution is 2.40. The number of ether oxygens (including phenoxy) is 2. The van der Waals surface area contributed by atoms with Gasteiger partial charge >= 0.3 is 10.2 Å². The fraction of sp³-hybridized carbons (Fsp3) is 0.261. The van der Waals surface area contributed by atoms with Gasteiger partial charge in [0.05, 0.1) is 12.7 Å². The van der Waals surface area contributed by atoms with Crippen LogP contribution < -0.4 is 18.5 Å². The predicted octanol–water partition coefficient (Wildman–Crippen LogP) is 2.89. The molecule has 3 aromatic carbocycles. The second-order valence-electron chi connectivity index (χ2n) is 7.72. The molecule has 1 unspecified atom stereocenters. The lowest BCUT2D eigenvalue weighted by molar-refractivity contribution is -0.117. The Morgan fingerprint density at radius 1 is 1.15 bits per heavy atom. The molecule has 0 aliphatic carbocycles. The van der Waals surface area contributed by atoms with E-state index in [0.29, 0.717) is 21.9 Å². The van der Waals surface area contributed by atoms with E-state index in [1.165, 1.54) is 12.1 Å². The Morgan fingerprint density at radius 3 is 2.58 bits per heavy atom. The average Bonchev–Trinajstić information content (AvgIpc) is 3.04. The van der Waals surface area contributed by atoms with Crippen LogP contribution >= 0.6 is 0 Å². The summed E-state index contributed by atoms with van der Waals surface area (Å²) in [4.78, 5) is 11.8. The van der Waals surface area contributed by atoms with Gasteiger partial charge in [-0.05, 0) is 36.1 Å². The van der Waals surface area contributed by atoms with E-state index < -0.39 is 34.6 Å². The van der Waals surface area contributed by atoms with Crippen molar-refractivity contribution in [3.05, 3.63) is 66.0 Å². The Morgan fingerprint density at radius 2 is 1.91 bits per heavy atom. The van der Waals surface area contributed by atoms with Gasteiger partial charge in [-0.2, -0.15) is 8.42 Å². The van der Waals surface area contributed by atoms with Crippen molar-refractivity contribution in [2.24, 2.45) is 0 Å². The summed E-state index contributed by atoms with van der Waals surface area (Å²) < 4.78 is 54.7. The quantitative estimate of drug-likeness (QED) is 0.520. The zero-order valence-electron chi connectivity index (χ0n) is 17.8. The fourth-order valence-electron chi connectivity index (χ4n) is 3.46. The molecule has 0 radical (unpaired) electrons. The Balaban J connectivity index is 1.76. The number of carbonyl (C=O) groups excluding carboxylic acids is 1. The molecule has 33 heavy (non-hydrogen) atoms. The average molecular weight is 475 g/mol. The number of hydrogen-bond acceptors (Lipinski definition) is 6. The Hall–Kier alpha value is -3.37. The zero-order chi connectivity index (χ0) is 23.6. The Bertz CT molecular complexity index is 1280.